The van der Waals surface area contributed by atoms with E-state index in [1.165, 1.54) is 6.07 Å². The van der Waals surface area contributed by atoms with Crippen LogP contribution in [0.3, 0.4) is 0 Å². The molecule has 0 radical (unpaired) electrons. The summed E-state index contributed by atoms with van der Waals surface area (Å²) in [5, 5.41) is 0. The summed E-state index contributed by atoms with van der Waals surface area (Å²) in [6, 6.07) is 3.12. The summed E-state index contributed by atoms with van der Waals surface area (Å²) in [5.41, 5.74) is -0.735. The molecule has 0 N–H and O–H groups in total. The predicted octanol–water partition coefficient (Wildman–Crippen LogP) is 4.08. The van der Waals surface area contributed by atoms with Crippen LogP contribution >= 0.6 is 15.9 Å². The van der Waals surface area contributed by atoms with Crippen molar-refractivity contribution in [2.45, 2.75) is 19.0 Å². The molecule has 1 fully saturated rings. The second kappa shape index (κ2) is 5.63. The SMILES string of the molecule is O=C(c1cc(C(F)(F)F)ccc1Br)C1CCCOC1. The maximum atomic E-state index is 12.7. The summed E-state index contributed by atoms with van der Waals surface area (Å²) in [6.07, 6.45) is -3.03. The molecule has 19 heavy (non-hydrogen) atoms. The lowest BCUT2D eigenvalue weighted by molar-refractivity contribution is -0.137. The molecular formula is C13H12BrF3O2. The number of halogens is 4. The predicted molar refractivity (Wildman–Crippen MR) is 67.0 cm³/mol. The van der Waals surface area contributed by atoms with Crippen LogP contribution in [-0.2, 0) is 10.9 Å². The average molecular weight is 337 g/mol. The number of rotatable bonds is 2. The maximum absolute atomic E-state index is 12.7. The second-order valence-corrected chi connectivity index (χ2v) is 5.33. The number of hydrogen-bond acceptors (Lipinski definition) is 2. The summed E-state index contributed by atoms with van der Waals surface area (Å²) in [6.45, 7) is 0.884. The number of carbonyl (C=O) groups excluding carboxylic acids is 1. The van der Waals surface area contributed by atoms with E-state index in [9.17, 15) is 18.0 Å². The van der Waals surface area contributed by atoms with Crippen molar-refractivity contribution >= 4 is 21.7 Å². The third-order valence-electron chi connectivity index (χ3n) is 3.09. The first-order valence-corrected chi connectivity index (χ1v) is 6.67. The van der Waals surface area contributed by atoms with E-state index in [0.29, 0.717) is 17.5 Å². The molecule has 2 nitrogen and oxygen atoms in total. The number of ether oxygens (including phenoxy) is 1. The molecular weight excluding hydrogens is 325 g/mol. The number of Topliss-reactive ketones (excluding diaryl/α,β-unsaturated/α-hetero) is 1. The van der Waals surface area contributed by atoms with Gasteiger partial charge in [0.2, 0.25) is 0 Å². The Labute approximate surface area is 117 Å². The van der Waals surface area contributed by atoms with E-state index in [-0.39, 0.29) is 23.9 Å². The molecule has 1 aromatic rings. The molecule has 1 heterocycles. The summed E-state index contributed by atoms with van der Waals surface area (Å²) in [5.74, 6) is -0.647. The zero-order valence-corrected chi connectivity index (χ0v) is 11.6. The molecule has 1 aliphatic heterocycles. The highest BCUT2D eigenvalue weighted by Crippen LogP contribution is 2.33. The second-order valence-electron chi connectivity index (χ2n) is 4.47. The van der Waals surface area contributed by atoms with Crippen LogP contribution in [0.25, 0.3) is 0 Å². The molecule has 0 bridgehead atoms. The van der Waals surface area contributed by atoms with E-state index in [0.717, 1.165) is 18.6 Å². The molecule has 104 valence electrons. The number of ketones is 1. The number of benzene rings is 1. The van der Waals surface area contributed by atoms with Gasteiger partial charge in [-0.2, -0.15) is 13.2 Å². The molecule has 1 aliphatic rings. The molecule has 1 atom stereocenters. The van der Waals surface area contributed by atoms with Gasteiger partial charge in [-0.1, -0.05) is 15.9 Å². The number of alkyl halides is 3. The van der Waals surface area contributed by atoms with E-state index < -0.39 is 11.7 Å². The van der Waals surface area contributed by atoms with Crippen molar-refractivity contribution in [2.24, 2.45) is 5.92 Å². The third kappa shape index (κ3) is 3.36. The molecule has 2 rings (SSSR count). The van der Waals surface area contributed by atoms with Crippen molar-refractivity contribution in [3.63, 3.8) is 0 Å². The quantitative estimate of drug-likeness (QED) is 0.761. The van der Waals surface area contributed by atoms with Crippen molar-refractivity contribution in [1.82, 2.24) is 0 Å². The summed E-state index contributed by atoms with van der Waals surface area (Å²) < 4.78 is 43.6. The van der Waals surface area contributed by atoms with E-state index in [4.69, 9.17) is 4.74 Å². The van der Waals surface area contributed by atoms with Crippen molar-refractivity contribution in [3.05, 3.63) is 33.8 Å². The lowest BCUT2D eigenvalue weighted by Crippen LogP contribution is -2.25. The van der Waals surface area contributed by atoms with Gasteiger partial charge in [-0.3, -0.25) is 4.79 Å². The van der Waals surface area contributed by atoms with E-state index in [2.05, 4.69) is 15.9 Å². The number of carbonyl (C=O) groups is 1. The van der Waals surface area contributed by atoms with Crippen LogP contribution in [0.1, 0.15) is 28.8 Å². The van der Waals surface area contributed by atoms with Crippen molar-refractivity contribution < 1.29 is 22.7 Å². The fourth-order valence-electron chi connectivity index (χ4n) is 2.06. The summed E-state index contributed by atoms with van der Waals surface area (Å²) in [4.78, 5) is 12.2. The standard InChI is InChI=1S/C13H12BrF3O2/c14-11-4-3-9(13(15,16)17)6-10(11)12(18)8-2-1-5-19-7-8/h3-4,6,8H,1-2,5,7H2. The largest absolute Gasteiger partial charge is 0.416 e. The Morgan fingerprint density at radius 2 is 2.11 bits per heavy atom. The van der Waals surface area contributed by atoms with Crippen LogP contribution in [-0.4, -0.2) is 19.0 Å². The van der Waals surface area contributed by atoms with Gasteiger partial charge < -0.3 is 4.74 Å². The van der Waals surface area contributed by atoms with Gasteiger partial charge in [0.25, 0.3) is 0 Å². The Morgan fingerprint density at radius 1 is 1.37 bits per heavy atom. The zero-order chi connectivity index (χ0) is 14.0. The van der Waals surface area contributed by atoms with Crippen LogP contribution < -0.4 is 0 Å². The Bertz CT molecular complexity index is 479. The lowest BCUT2D eigenvalue weighted by Gasteiger charge is -2.21. The first kappa shape index (κ1) is 14.5. The molecule has 1 aromatic carbocycles. The average Bonchev–Trinajstić information content (AvgIpc) is 2.38. The monoisotopic (exact) mass is 336 g/mol. The highest BCUT2D eigenvalue weighted by molar-refractivity contribution is 9.10. The number of hydrogen-bond donors (Lipinski definition) is 0. The Balaban J connectivity index is 2.30. The molecule has 0 aliphatic carbocycles. The minimum Gasteiger partial charge on any atom is -0.381 e. The Hall–Kier alpha value is -0.880. The van der Waals surface area contributed by atoms with Gasteiger partial charge in [-0.25, -0.2) is 0 Å². The summed E-state index contributed by atoms with van der Waals surface area (Å²) in [7, 11) is 0. The molecule has 0 aromatic heterocycles. The van der Waals surface area contributed by atoms with E-state index in [1.54, 1.807) is 0 Å². The van der Waals surface area contributed by atoms with Crippen LogP contribution in [0.15, 0.2) is 22.7 Å². The summed E-state index contributed by atoms with van der Waals surface area (Å²) >= 11 is 3.14. The fourth-order valence-corrected chi connectivity index (χ4v) is 2.50. The molecule has 0 amide bonds. The van der Waals surface area contributed by atoms with Gasteiger partial charge in [-0.15, -0.1) is 0 Å². The fraction of sp³-hybridized carbons (Fsp3) is 0.462. The van der Waals surface area contributed by atoms with Crippen LogP contribution in [0.2, 0.25) is 0 Å². The molecule has 1 saturated heterocycles. The minimum absolute atomic E-state index is 0.0744. The van der Waals surface area contributed by atoms with Crippen LogP contribution in [0.5, 0.6) is 0 Å². The minimum atomic E-state index is -4.45. The maximum Gasteiger partial charge on any atom is 0.416 e. The van der Waals surface area contributed by atoms with E-state index in [1.807, 2.05) is 0 Å². The first-order valence-electron chi connectivity index (χ1n) is 5.88. The van der Waals surface area contributed by atoms with Gasteiger partial charge in [0.1, 0.15) is 0 Å². The van der Waals surface area contributed by atoms with Gasteiger partial charge in [-0.05, 0) is 31.0 Å². The normalized spacial score (nSPS) is 20.3. The van der Waals surface area contributed by atoms with Gasteiger partial charge in [0.15, 0.2) is 5.78 Å². The van der Waals surface area contributed by atoms with Gasteiger partial charge in [0, 0.05) is 22.6 Å². The molecule has 1 unspecified atom stereocenters. The van der Waals surface area contributed by atoms with Gasteiger partial charge >= 0.3 is 6.18 Å². The molecule has 6 heteroatoms. The smallest absolute Gasteiger partial charge is 0.381 e. The molecule has 0 spiro atoms. The Kier molecular flexibility index (Phi) is 4.30. The Morgan fingerprint density at radius 3 is 2.68 bits per heavy atom. The third-order valence-corrected chi connectivity index (χ3v) is 3.78. The van der Waals surface area contributed by atoms with Crippen molar-refractivity contribution in [2.75, 3.05) is 13.2 Å². The molecule has 0 saturated carbocycles. The van der Waals surface area contributed by atoms with Crippen molar-refractivity contribution in [1.29, 1.82) is 0 Å². The highest BCUT2D eigenvalue weighted by atomic mass is 79.9. The van der Waals surface area contributed by atoms with Crippen LogP contribution in [0.4, 0.5) is 13.2 Å². The highest BCUT2D eigenvalue weighted by Gasteiger charge is 2.32. The first-order chi connectivity index (χ1) is 8.89. The van der Waals surface area contributed by atoms with Crippen LogP contribution in [0, 0.1) is 5.92 Å². The van der Waals surface area contributed by atoms with E-state index >= 15 is 0 Å². The van der Waals surface area contributed by atoms with Gasteiger partial charge in [0.05, 0.1) is 12.2 Å². The van der Waals surface area contributed by atoms with Crippen molar-refractivity contribution in [3.8, 4) is 0 Å². The zero-order valence-electron chi connectivity index (χ0n) is 9.97. The lowest BCUT2D eigenvalue weighted by atomic mass is 9.92. The topological polar surface area (TPSA) is 26.3 Å².